The lowest BCUT2D eigenvalue weighted by Crippen LogP contribution is -2.11. The van der Waals surface area contributed by atoms with Gasteiger partial charge in [0.1, 0.15) is 23.9 Å². The van der Waals surface area contributed by atoms with Crippen LogP contribution in [0.1, 0.15) is 23.1 Å². The van der Waals surface area contributed by atoms with Crippen LogP contribution >= 0.6 is 15.9 Å². The summed E-state index contributed by atoms with van der Waals surface area (Å²) in [7, 11) is 1.60. The van der Waals surface area contributed by atoms with E-state index in [0.717, 1.165) is 5.56 Å². The highest BCUT2D eigenvalue weighted by Crippen LogP contribution is 2.28. The average Bonchev–Trinajstić information content (AvgIpc) is 2.77. The van der Waals surface area contributed by atoms with Gasteiger partial charge in [0.05, 0.1) is 6.04 Å². The lowest BCUT2D eigenvalue weighted by Gasteiger charge is -2.11. The zero-order valence-electron chi connectivity index (χ0n) is 9.82. The van der Waals surface area contributed by atoms with Crippen molar-refractivity contribution in [1.82, 2.24) is 0 Å². The zero-order chi connectivity index (χ0) is 13.1. The SMILES string of the molecule is COCc1ccc(C(N)c2ccc(F)cc2Br)o1. The van der Waals surface area contributed by atoms with Crippen molar-refractivity contribution >= 4 is 15.9 Å². The molecule has 0 aliphatic heterocycles. The van der Waals surface area contributed by atoms with Gasteiger partial charge >= 0.3 is 0 Å². The van der Waals surface area contributed by atoms with Crippen molar-refractivity contribution in [2.45, 2.75) is 12.6 Å². The van der Waals surface area contributed by atoms with Crippen LogP contribution < -0.4 is 5.73 Å². The summed E-state index contributed by atoms with van der Waals surface area (Å²) in [6, 6.07) is 7.58. The first kappa shape index (κ1) is 13.3. The Morgan fingerprint density at radius 1 is 1.39 bits per heavy atom. The minimum absolute atomic E-state index is 0.308. The van der Waals surface area contributed by atoms with E-state index >= 15 is 0 Å². The van der Waals surface area contributed by atoms with Gasteiger partial charge in [0, 0.05) is 11.6 Å². The van der Waals surface area contributed by atoms with Crippen molar-refractivity contribution < 1.29 is 13.5 Å². The fourth-order valence-electron chi connectivity index (χ4n) is 1.69. The summed E-state index contributed by atoms with van der Waals surface area (Å²) in [5, 5.41) is 0. The second-order valence-corrected chi connectivity index (χ2v) is 4.73. The van der Waals surface area contributed by atoms with Gasteiger partial charge in [-0.25, -0.2) is 4.39 Å². The number of furan rings is 1. The highest BCUT2D eigenvalue weighted by molar-refractivity contribution is 9.10. The smallest absolute Gasteiger partial charge is 0.129 e. The molecule has 18 heavy (non-hydrogen) atoms. The molecule has 0 fully saturated rings. The molecule has 96 valence electrons. The molecule has 2 aromatic rings. The van der Waals surface area contributed by atoms with Crippen molar-refractivity contribution in [3.05, 3.63) is 57.7 Å². The Balaban J connectivity index is 2.26. The van der Waals surface area contributed by atoms with Crippen molar-refractivity contribution in [2.75, 3.05) is 7.11 Å². The van der Waals surface area contributed by atoms with Crippen molar-refractivity contribution in [2.24, 2.45) is 5.73 Å². The first-order valence-corrected chi connectivity index (χ1v) is 6.19. The summed E-state index contributed by atoms with van der Waals surface area (Å²) in [6.45, 7) is 0.400. The molecule has 0 radical (unpaired) electrons. The van der Waals surface area contributed by atoms with Crippen LogP contribution in [-0.2, 0) is 11.3 Å². The molecule has 0 saturated heterocycles. The van der Waals surface area contributed by atoms with Gasteiger partial charge in [0.2, 0.25) is 0 Å². The molecule has 0 bridgehead atoms. The summed E-state index contributed by atoms with van der Waals surface area (Å²) in [4.78, 5) is 0. The Hall–Kier alpha value is -1.17. The number of hydrogen-bond donors (Lipinski definition) is 1. The quantitative estimate of drug-likeness (QED) is 0.941. The second kappa shape index (κ2) is 5.65. The number of benzene rings is 1. The standard InChI is InChI=1S/C13H13BrFNO2/c1-17-7-9-3-5-12(18-9)13(16)10-4-2-8(15)6-11(10)14/h2-6,13H,7,16H2,1H3. The van der Waals surface area contributed by atoms with Gasteiger partial charge in [-0.1, -0.05) is 22.0 Å². The maximum atomic E-state index is 13.0. The van der Waals surface area contributed by atoms with Crippen LogP contribution in [0, 0.1) is 5.82 Å². The summed E-state index contributed by atoms with van der Waals surface area (Å²) in [5.41, 5.74) is 6.86. The van der Waals surface area contributed by atoms with Gasteiger partial charge < -0.3 is 14.9 Å². The number of nitrogens with two attached hydrogens (primary N) is 1. The Bertz CT molecular complexity index is 542. The van der Waals surface area contributed by atoms with Crippen LogP contribution in [-0.4, -0.2) is 7.11 Å². The van der Waals surface area contributed by atoms with Gasteiger partial charge in [0.25, 0.3) is 0 Å². The molecule has 1 unspecified atom stereocenters. The van der Waals surface area contributed by atoms with E-state index in [-0.39, 0.29) is 5.82 Å². The number of halogens is 2. The summed E-state index contributed by atoms with van der Waals surface area (Å²) < 4.78 is 24.2. The first-order valence-electron chi connectivity index (χ1n) is 5.40. The van der Waals surface area contributed by atoms with Gasteiger partial charge in [-0.15, -0.1) is 0 Å². The molecule has 0 saturated carbocycles. The largest absolute Gasteiger partial charge is 0.462 e. The predicted molar refractivity (Wildman–Crippen MR) is 69.6 cm³/mol. The molecule has 3 nitrogen and oxygen atoms in total. The number of hydrogen-bond acceptors (Lipinski definition) is 3. The van der Waals surface area contributed by atoms with Crippen LogP contribution in [0.3, 0.4) is 0 Å². The maximum Gasteiger partial charge on any atom is 0.129 e. The lowest BCUT2D eigenvalue weighted by atomic mass is 10.1. The summed E-state index contributed by atoms with van der Waals surface area (Å²) >= 11 is 3.30. The minimum Gasteiger partial charge on any atom is -0.462 e. The summed E-state index contributed by atoms with van der Waals surface area (Å²) in [5.74, 6) is 1.02. The van der Waals surface area contributed by atoms with E-state index in [1.165, 1.54) is 12.1 Å². The van der Waals surface area contributed by atoms with E-state index in [2.05, 4.69) is 15.9 Å². The van der Waals surface area contributed by atoms with E-state index < -0.39 is 6.04 Å². The molecule has 1 heterocycles. The van der Waals surface area contributed by atoms with Crippen molar-refractivity contribution in [3.8, 4) is 0 Å². The average molecular weight is 314 g/mol. The van der Waals surface area contributed by atoms with E-state index in [0.29, 0.717) is 22.6 Å². The molecule has 2 N–H and O–H groups in total. The fourth-order valence-corrected chi connectivity index (χ4v) is 2.29. The van der Waals surface area contributed by atoms with E-state index in [1.807, 2.05) is 6.07 Å². The molecule has 2 rings (SSSR count). The molecular weight excluding hydrogens is 301 g/mol. The molecule has 1 aromatic heterocycles. The Labute approximate surface area is 113 Å². The maximum absolute atomic E-state index is 13.0. The predicted octanol–water partition coefficient (Wildman–Crippen LogP) is 3.38. The van der Waals surface area contributed by atoms with Gasteiger partial charge in [-0.3, -0.25) is 0 Å². The van der Waals surface area contributed by atoms with Crippen LogP contribution in [0.4, 0.5) is 4.39 Å². The van der Waals surface area contributed by atoms with Crippen LogP contribution in [0.5, 0.6) is 0 Å². The monoisotopic (exact) mass is 313 g/mol. The van der Waals surface area contributed by atoms with Crippen molar-refractivity contribution in [1.29, 1.82) is 0 Å². The highest BCUT2D eigenvalue weighted by Gasteiger charge is 2.16. The number of methoxy groups -OCH3 is 1. The van der Waals surface area contributed by atoms with Crippen molar-refractivity contribution in [3.63, 3.8) is 0 Å². The molecule has 0 aliphatic rings. The van der Waals surface area contributed by atoms with Gasteiger partial charge in [0.15, 0.2) is 0 Å². The van der Waals surface area contributed by atoms with Gasteiger partial charge in [-0.2, -0.15) is 0 Å². The normalized spacial score (nSPS) is 12.7. The molecular formula is C13H13BrFNO2. The molecule has 0 aliphatic carbocycles. The van der Waals surface area contributed by atoms with Crippen LogP contribution in [0.15, 0.2) is 39.2 Å². The lowest BCUT2D eigenvalue weighted by molar-refractivity contribution is 0.162. The topological polar surface area (TPSA) is 48.4 Å². The molecule has 5 heteroatoms. The molecule has 0 spiro atoms. The third-order valence-corrected chi connectivity index (χ3v) is 3.26. The Morgan fingerprint density at radius 2 is 2.17 bits per heavy atom. The van der Waals surface area contributed by atoms with E-state index in [9.17, 15) is 4.39 Å². The van der Waals surface area contributed by atoms with E-state index in [1.54, 1.807) is 19.2 Å². The third-order valence-electron chi connectivity index (χ3n) is 2.57. The first-order chi connectivity index (χ1) is 8.61. The number of rotatable bonds is 4. The molecule has 1 aromatic carbocycles. The van der Waals surface area contributed by atoms with Gasteiger partial charge in [-0.05, 0) is 29.8 Å². The Kier molecular flexibility index (Phi) is 4.16. The van der Waals surface area contributed by atoms with Crippen LogP contribution in [0.2, 0.25) is 0 Å². The van der Waals surface area contributed by atoms with Crippen LogP contribution in [0.25, 0.3) is 0 Å². The fraction of sp³-hybridized carbons (Fsp3) is 0.231. The summed E-state index contributed by atoms with van der Waals surface area (Å²) in [6.07, 6.45) is 0. The number of ether oxygens (including phenoxy) is 1. The highest BCUT2D eigenvalue weighted by atomic mass is 79.9. The zero-order valence-corrected chi connectivity index (χ0v) is 11.4. The Morgan fingerprint density at radius 3 is 2.83 bits per heavy atom. The molecule has 0 amide bonds. The second-order valence-electron chi connectivity index (χ2n) is 3.88. The third kappa shape index (κ3) is 2.80. The minimum atomic E-state index is -0.439. The molecule has 1 atom stereocenters. The van der Waals surface area contributed by atoms with E-state index in [4.69, 9.17) is 14.9 Å².